The molecule has 0 aromatic carbocycles. The molecule has 0 saturated carbocycles. The maximum atomic E-state index is 13.3. The Morgan fingerprint density at radius 3 is 1.73 bits per heavy atom. The van der Waals surface area contributed by atoms with Gasteiger partial charge in [0.25, 0.3) is 5.56 Å². The molecule has 1 fully saturated rings. The first kappa shape index (κ1) is 35.1. The van der Waals surface area contributed by atoms with Gasteiger partial charge in [-0.1, -0.05) is 68.9 Å². The third-order valence-electron chi connectivity index (χ3n) is 9.64. The summed E-state index contributed by atoms with van der Waals surface area (Å²) in [5.74, 6) is 0. The van der Waals surface area contributed by atoms with Crippen molar-refractivity contribution in [2.24, 2.45) is 0 Å². The Bertz CT molecular complexity index is 1170. The molecule has 1 N–H and O–H groups in total. The molecule has 1 aromatic rings. The normalized spacial score (nSPS) is 23.5. The first-order chi connectivity index (χ1) is 17.8. The zero-order chi connectivity index (χ0) is 31.3. The van der Waals surface area contributed by atoms with Gasteiger partial charge in [0, 0.05) is 6.07 Å². The number of ether oxygens (including phenoxy) is 1. The highest BCUT2D eigenvalue weighted by Crippen LogP contribution is 2.46. The van der Waals surface area contributed by atoms with Gasteiger partial charge in [-0.2, -0.15) is 0 Å². The highest BCUT2D eigenvalue weighted by molar-refractivity contribution is 6.75. The molecular formula is C29H56N2O6Si3. The second-order valence-corrected chi connectivity index (χ2v) is 30.1. The van der Waals surface area contributed by atoms with Crippen LogP contribution in [-0.4, -0.2) is 59.4 Å². The molecule has 0 radical (unpaired) electrons. The van der Waals surface area contributed by atoms with Crippen LogP contribution in [0.2, 0.25) is 54.4 Å². The number of hydrogen-bond acceptors (Lipinski definition) is 6. The van der Waals surface area contributed by atoms with Crippen LogP contribution in [0.15, 0.2) is 22.2 Å². The SMILES string of the molecule is C=Cc1cc(=O)[nH]c(=O)n1[C@@H]1O[C@H](CO[Si](C)(C)C(C)(C)C)[C@@H](O[Si](C)(C)C(C)(C)C)[C@H]1O[Si](C)(C)C(C)(C)C. The van der Waals surface area contributed by atoms with Crippen LogP contribution in [0, 0.1) is 0 Å². The van der Waals surface area contributed by atoms with E-state index in [0.29, 0.717) is 12.3 Å². The largest absolute Gasteiger partial charge is 0.414 e. The van der Waals surface area contributed by atoms with Crippen LogP contribution in [0.25, 0.3) is 6.08 Å². The summed E-state index contributed by atoms with van der Waals surface area (Å²) in [5.41, 5.74) is -0.671. The molecule has 0 spiro atoms. The summed E-state index contributed by atoms with van der Waals surface area (Å²) in [6.07, 6.45) is -0.854. The quantitative estimate of drug-likeness (QED) is 0.306. The zero-order valence-corrected chi connectivity index (χ0v) is 30.8. The van der Waals surface area contributed by atoms with Crippen molar-refractivity contribution in [3.63, 3.8) is 0 Å². The maximum absolute atomic E-state index is 13.3. The van der Waals surface area contributed by atoms with E-state index in [0.717, 1.165) is 0 Å². The summed E-state index contributed by atoms with van der Waals surface area (Å²) in [7, 11) is -6.81. The standard InChI is InChI=1S/C29H56N2O6Si3/c1-17-20-18-22(32)30-26(33)31(20)25-24(37-40(15,16)29(8,9)10)23(36-39(13,14)28(5,6)7)21(35-25)19-34-38(11,12)27(2,3)4/h17-18,21,23-25H,1,19H2,2-16H3,(H,30,32,33)/t21-,23-,24-,25-/m1/s1. The van der Waals surface area contributed by atoms with Crippen LogP contribution in [0.1, 0.15) is 74.2 Å². The first-order valence-electron chi connectivity index (χ1n) is 14.4. The van der Waals surface area contributed by atoms with Gasteiger partial charge >= 0.3 is 5.69 Å². The average molecular weight is 613 g/mol. The molecule has 4 atom stereocenters. The zero-order valence-electron chi connectivity index (χ0n) is 27.8. The predicted molar refractivity (Wildman–Crippen MR) is 173 cm³/mol. The molecule has 1 saturated heterocycles. The summed E-state index contributed by atoms with van der Waals surface area (Å²) in [6.45, 7) is 37.3. The van der Waals surface area contributed by atoms with Crippen molar-refractivity contribution in [1.82, 2.24) is 9.55 Å². The predicted octanol–water partition coefficient (Wildman–Crippen LogP) is 6.88. The molecule has 1 aromatic heterocycles. The Balaban J connectivity index is 2.76. The number of aromatic nitrogens is 2. The second kappa shape index (κ2) is 11.5. The van der Waals surface area contributed by atoms with Gasteiger partial charge in [0.1, 0.15) is 18.3 Å². The fraction of sp³-hybridized carbons (Fsp3) is 0.793. The van der Waals surface area contributed by atoms with Crippen molar-refractivity contribution in [3.05, 3.63) is 39.2 Å². The molecule has 11 heteroatoms. The molecule has 0 amide bonds. The molecule has 230 valence electrons. The third kappa shape index (κ3) is 7.45. The highest BCUT2D eigenvalue weighted by Gasteiger charge is 2.55. The highest BCUT2D eigenvalue weighted by atomic mass is 28.4. The minimum Gasteiger partial charge on any atom is -0.414 e. The maximum Gasteiger partial charge on any atom is 0.331 e. The lowest BCUT2D eigenvalue weighted by Gasteiger charge is -2.44. The lowest BCUT2D eigenvalue weighted by molar-refractivity contribution is -0.0513. The van der Waals surface area contributed by atoms with Gasteiger partial charge in [-0.05, 0) is 60.5 Å². The van der Waals surface area contributed by atoms with Crippen molar-refractivity contribution in [2.75, 3.05) is 6.61 Å². The van der Waals surface area contributed by atoms with Crippen LogP contribution >= 0.6 is 0 Å². The van der Waals surface area contributed by atoms with E-state index in [1.807, 2.05) is 0 Å². The fourth-order valence-corrected chi connectivity index (χ4v) is 7.42. The van der Waals surface area contributed by atoms with Crippen molar-refractivity contribution >= 4 is 31.0 Å². The summed E-state index contributed by atoms with van der Waals surface area (Å²) < 4.78 is 29.1. The molecule has 1 aliphatic heterocycles. The molecule has 2 rings (SSSR count). The number of nitrogens with one attached hydrogen (secondary N) is 1. The molecule has 2 heterocycles. The number of hydrogen-bond donors (Lipinski definition) is 1. The van der Waals surface area contributed by atoms with Crippen LogP contribution in [0.3, 0.4) is 0 Å². The molecule has 0 unspecified atom stereocenters. The average Bonchev–Trinajstić information content (AvgIpc) is 3.05. The van der Waals surface area contributed by atoms with E-state index in [2.05, 4.69) is 113 Å². The van der Waals surface area contributed by atoms with Crippen LogP contribution in [0.5, 0.6) is 0 Å². The lowest BCUT2D eigenvalue weighted by Crippen LogP contribution is -2.55. The third-order valence-corrected chi connectivity index (χ3v) is 23.1. The van der Waals surface area contributed by atoms with E-state index in [4.69, 9.17) is 18.0 Å². The lowest BCUT2D eigenvalue weighted by atomic mass is 10.1. The molecule has 0 bridgehead atoms. The number of nitrogens with zero attached hydrogens (tertiary/aromatic N) is 1. The van der Waals surface area contributed by atoms with Gasteiger partial charge in [-0.25, -0.2) is 4.79 Å². The Morgan fingerprint density at radius 2 is 1.30 bits per heavy atom. The molecule has 0 aliphatic carbocycles. The van der Waals surface area contributed by atoms with Crippen molar-refractivity contribution < 1.29 is 18.0 Å². The van der Waals surface area contributed by atoms with Gasteiger partial charge < -0.3 is 18.0 Å². The minimum absolute atomic E-state index is 0.0176. The van der Waals surface area contributed by atoms with Crippen LogP contribution < -0.4 is 11.2 Å². The molecule has 40 heavy (non-hydrogen) atoms. The fourth-order valence-electron chi connectivity index (χ4n) is 3.80. The van der Waals surface area contributed by atoms with E-state index in [1.54, 1.807) is 0 Å². The Labute approximate surface area is 245 Å². The Hall–Kier alpha value is -1.09. The van der Waals surface area contributed by atoms with Gasteiger partial charge in [-0.3, -0.25) is 14.3 Å². The van der Waals surface area contributed by atoms with Gasteiger partial charge in [-0.15, -0.1) is 0 Å². The van der Waals surface area contributed by atoms with Gasteiger partial charge in [0.2, 0.25) is 0 Å². The van der Waals surface area contributed by atoms with Gasteiger partial charge in [0.05, 0.1) is 12.3 Å². The summed E-state index contributed by atoms with van der Waals surface area (Å²) in [4.78, 5) is 27.9. The summed E-state index contributed by atoms with van der Waals surface area (Å²) in [5, 5.41) is -0.131. The van der Waals surface area contributed by atoms with Crippen molar-refractivity contribution in [1.29, 1.82) is 0 Å². The molecular weight excluding hydrogens is 557 g/mol. The minimum atomic E-state index is -2.37. The van der Waals surface area contributed by atoms with E-state index >= 15 is 0 Å². The summed E-state index contributed by atoms with van der Waals surface area (Å²) in [6, 6.07) is 1.37. The van der Waals surface area contributed by atoms with E-state index in [-0.39, 0.29) is 15.1 Å². The Morgan fingerprint density at radius 1 is 0.850 bits per heavy atom. The monoisotopic (exact) mass is 612 g/mol. The number of aromatic amines is 1. The van der Waals surface area contributed by atoms with E-state index in [1.165, 1.54) is 16.7 Å². The first-order valence-corrected chi connectivity index (χ1v) is 23.1. The van der Waals surface area contributed by atoms with Gasteiger partial charge in [0.15, 0.2) is 31.2 Å². The number of rotatable bonds is 9. The topological polar surface area (TPSA) is 91.8 Å². The molecule has 8 nitrogen and oxygen atoms in total. The van der Waals surface area contributed by atoms with E-state index in [9.17, 15) is 9.59 Å². The van der Waals surface area contributed by atoms with E-state index < -0.39 is 60.7 Å². The molecule has 1 aliphatic rings. The van der Waals surface area contributed by atoms with Crippen molar-refractivity contribution in [2.45, 2.75) is 141 Å². The van der Waals surface area contributed by atoms with Crippen LogP contribution in [-0.2, 0) is 18.0 Å². The van der Waals surface area contributed by atoms with Crippen LogP contribution in [0.4, 0.5) is 0 Å². The number of H-pyrrole nitrogens is 1. The summed E-state index contributed by atoms with van der Waals surface area (Å²) >= 11 is 0. The Kier molecular flexibility index (Phi) is 10.1. The smallest absolute Gasteiger partial charge is 0.331 e. The van der Waals surface area contributed by atoms with Crippen molar-refractivity contribution in [3.8, 4) is 0 Å². The second-order valence-electron chi connectivity index (χ2n) is 15.8.